The van der Waals surface area contributed by atoms with Crippen LogP contribution in [0.5, 0.6) is 0 Å². The van der Waals surface area contributed by atoms with Gasteiger partial charge in [0.2, 0.25) is 10.7 Å². The lowest BCUT2D eigenvalue weighted by atomic mass is 10.1. The summed E-state index contributed by atoms with van der Waals surface area (Å²) in [6.07, 6.45) is 0. The lowest BCUT2D eigenvalue weighted by molar-refractivity contribution is 0.0978. The SMILES string of the molecule is Cc1ccccc1CN1CCN(Cn2nc(N3CCOCC3)n(-c3ccccc3)c2=S)CC1. The van der Waals surface area contributed by atoms with Crippen molar-refractivity contribution in [3.05, 3.63) is 70.5 Å². The molecule has 0 bridgehead atoms. The van der Waals surface area contributed by atoms with Crippen LogP contribution in [0.25, 0.3) is 5.69 Å². The van der Waals surface area contributed by atoms with Crippen molar-refractivity contribution < 1.29 is 4.74 Å². The van der Waals surface area contributed by atoms with E-state index in [4.69, 9.17) is 22.1 Å². The van der Waals surface area contributed by atoms with Crippen molar-refractivity contribution in [2.45, 2.75) is 20.1 Å². The molecule has 3 heterocycles. The molecule has 5 rings (SSSR count). The highest BCUT2D eigenvalue weighted by atomic mass is 32.1. The predicted octanol–water partition coefficient (Wildman–Crippen LogP) is 3.32. The number of rotatable bonds is 6. The summed E-state index contributed by atoms with van der Waals surface area (Å²) < 4.78 is 10.4. The zero-order valence-electron chi connectivity index (χ0n) is 19.3. The first-order chi connectivity index (χ1) is 16.2. The molecule has 7 nitrogen and oxygen atoms in total. The third-order valence-electron chi connectivity index (χ3n) is 6.58. The van der Waals surface area contributed by atoms with Gasteiger partial charge < -0.3 is 9.64 Å². The molecule has 8 heteroatoms. The third-order valence-corrected chi connectivity index (χ3v) is 6.98. The molecule has 3 aromatic rings. The smallest absolute Gasteiger partial charge is 0.230 e. The minimum atomic E-state index is 0.716. The van der Waals surface area contributed by atoms with Crippen LogP contribution >= 0.6 is 12.2 Å². The Balaban J connectivity index is 1.30. The van der Waals surface area contributed by atoms with Gasteiger partial charge >= 0.3 is 0 Å². The molecule has 2 saturated heterocycles. The number of aromatic nitrogens is 3. The van der Waals surface area contributed by atoms with Crippen LogP contribution in [0.15, 0.2) is 54.6 Å². The van der Waals surface area contributed by atoms with Crippen LogP contribution in [0.1, 0.15) is 11.1 Å². The molecule has 0 N–H and O–H groups in total. The van der Waals surface area contributed by atoms with Crippen LogP contribution in [0.4, 0.5) is 5.95 Å². The Morgan fingerprint density at radius 3 is 2.24 bits per heavy atom. The van der Waals surface area contributed by atoms with Crippen molar-refractivity contribution >= 4 is 18.2 Å². The number of nitrogens with zero attached hydrogens (tertiary/aromatic N) is 6. The maximum atomic E-state index is 5.93. The molecule has 2 aromatic carbocycles. The Kier molecular flexibility index (Phi) is 6.87. The molecule has 2 aliphatic rings. The van der Waals surface area contributed by atoms with Crippen molar-refractivity contribution in [1.82, 2.24) is 24.1 Å². The third kappa shape index (κ3) is 5.04. The van der Waals surface area contributed by atoms with E-state index < -0.39 is 0 Å². The molecule has 0 spiro atoms. The van der Waals surface area contributed by atoms with Crippen LogP contribution in [-0.2, 0) is 18.0 Å². The number of para-hydroxylation sites is 1. The van der Waals surface area contributed by atoms with Crippen LogP contribution < -0.4 is 4.90 Å². The average molecular weight is 465 g/mol. The van der Waals surface area contributed by atoms with Gasteiger partial charge in [0.25, 0.3) is 0 Å². The lowest BCUT2D eigenvalue weighted by Gasteiger charge is -2.34. The molecule has 0 unspecified atom stereocenters. The molecule has 0 saturated carbocycles. The van der Waals surface area contributed by atoms with Crippen LogP contribution in [0, 0.1) is 11.7 Å². The van der Waals surface area contributed by atoms with E-state index in [1.54, 1.807) is 0 Å². The van der Waals surface area contributed by atoms with Gasteiger partial charge in [-0.3, -0.25) is 14.4 Å². The minimum Gasteiger partial charge on any atom is -0.378 e. The van der Waals surface area contributed by atoms with E-state index in [0.717, 1.165) is 75.4 Å². The highest BCUT2D eigenvalue weighted by molar-refractivity contribution is 7.71. The Morgan fingerprint density at radius 2 is 1.52 bits per heavy atom. The fourth-order valence-corrected chi connectivity index (χ4v) is 4.85. The monoisotopic (exact) mass is 464 g/mol. The molecular formula is C25H32N6OS. The van der Waals surface area contributed by atoms with Gasteiger partial charge in [0.1, 0.15) is 0 Å². The Labute approximate surface area is 200 Å². The predicted molar refractivity (Wildman–Crippen MR) is 133 cm³/mol. The Morgan fingerprint density at radius 1 is 0.848 bits per heavy atom. The maximum Gasteiger partial charge on any atom is 0.230 e. The molecule has 0 radical (unpaired) electrons. The number of benzene rings is 2. The van der Waals surface area contributed by atoms with E-state index in [9.17, 15) is 0 Å². The number of piperazine rings is 1. The molecule has 33 heavy (non-hydrogen) atoms. The molecule has 2 aliphatic heterocycles. The van der Waals surface area contributed by atoms with Gasteiger partial charge in [-0.05, 0) is 42.4 Å². The quantitative estimate of drug-likeness (QED) is 0.522. The molecule has 2 fully saturated rings. The highest BCUT2D eigenvalue weighted by Crippen LogP contribution is 2.21. The number of hydrogen-bond acceptors (Lipinski definition) is 6. The van der Waals surface area contributed by atoms with Crippen molar-refractivity contribution in [2.24, 2.45) is 0 Å². The summed E-state index contributed by atoms with van der Waals surface area (Å²) in [5, 5.41) is 4.99. The summed E-state index contributed by atoms with van der Waals surface area (Å²) in [5.74, 6) is 0.910. The molecule has 1 aromatic heterocycles. The van der Waals surface area contributed by atoms with Gasteiger partial charge in [-0.25, -0.2) is 4.68 Å². The second-order valence-electron chi connectivity index (χ2n) is 8.81. The summed E-state index contributed by atoms with van der Waals surface area (Å²) in [6.45, 7) is 11.2. The van der Waals surface area contributed by atoms with E-state index in [1.165, 1.54) is 11.1 Å². The lowest BCUT2D eigenvalue weighted by Crippen LogP contribution is -2.46. The second-order valence-corrected chi connectivity index (χ2v) is 9.18. The topological polar surface area (TPSA) is 41.7 Å². The Hall–Kier alpha value is -2.52. The van der Waals surface area contributed by atoms with Crippen LogP contribution in [0.3, 0.4) is 0 Å². The number of hydrogen-bond donors (Lipinski definition) is 0. The van der Waals surface area contributed by atoms with Crippen LogP contribution in [-0.4, -0.2) is 76.6 Å². The van der Waals surface area contributed by atoms with Gasteiger partial charge in [0.05, 0.1) is 25.6 Å². The van der Waals surface area contributed by atoms with Gasteiger partial charge in [-0.2, -0.15) is 0 Å². The zero-order chi connectivity index (χ0) is 22.6. The molecular weight excluding hydrogens is 432 g/mol. The highest BCUT2D eigenvalue weighted by Gasteiger charge is 2.23. The van der Waals surface area contributed by atoms with Gasteiger partial charge in [-0.15, -0.1) is 5.10 Å². The standard InChI is InChI=1S/C25H32N6OS/c1-21-7-5-6-8-22(21)19-27-11-13-28(14-12-27)20-30-25(33)31(23-9-3-2-4-10-23)24(26-30)29-15-17-32-18-16-29/h2-10H,11-20H2,1H3. The molecule has 0 atom stereocenters. The summed E-state index contributed by atoms with van der Waals surface area (Å²) >= 11 is 5.93. The first-order valence-corrected chi connectivity index (χ1v) is 12.2. The average Bonchev–Trinajstić information content (AvgIpc) is 3.18. The van der Waals surface area contributed by atoms with Crippen molar-refractivity contribution in [1.29, 1.82) is 0 Å². The minimum absolute atomic E-state index is 0.716. The summed E-state index contributed by atoms with van der Waals surface area (Å²) in [6, 6.07) is 19.0. The van der Waals surface area contributed by atoms with E-state index in [0.29, 0.717) is 6.67 Å². The largest absolute Gasteiger partial charge is 0.378 e. The number of anilines is 1. The fourth-order valence-electron chi connectivity index (χ4n) is 4.57. The fraction of sp³-hybridized carbons (Fsp3) is 0.440. The van der Waals surface area contributed by atoms with Crippen molar-refractivity contribution in [3.63, 3.8) is 0 Å². The van der Waals surface area contributed by atoms with E-state index in [2.05, 4.69) is 62.6 Å². The summed E-state index contributed by atoms with van der Waals surface area (Å²) in [7, 11) is 0. The van der Waals surface area contributed by atoms with Gasteiger partial charge in [-0.1, -0.05) is 42.5 Å². The van der Waals surface area contributed by atoms with Crippen LogP contribution in [0.2, 0.25) is 0 Å². The Bertz CT molecular complexity index is 1110. The first-order valence-electron chi connectivity index (χ1n) is 11.8. The summed E-state index contributed by atoms with van der Waals surface area (Å²) in [5.41, 5.74) is 3.84. The molecule has 0 amide bonds. The number of aryl methyl sites for hydroxylation is 1. The van der Waals surface area contributed by atoms with Crippen molar-refractivity contribution in [2.75, 3.05) is 57.4 Å². The number of ether oxygens (including phenoxy) is 1. The maximum absolute atomic E-state index is 5.93. The summed E-state index contributed by atoms with van der Waals surface area (Å²) in [4.78, 5) is 7.28. The van der Waals surface area contributed by atoms with Gasteiger partial charge in [0, 0.05) is 45.8 Å². The van der Waals surface area contributed by atoms with E-state index in [1.807, 2.05) is 22.9 Å². The second kappa shape index (κ2) is 10.2. The van der Waals surface area contributed by atoms with Crippen molar-refractivity contribution in [3.8, 4) is 5.69 Å². The number of morpholine rings is 1. The molecule has 174 valence electrons. The molecule has 0 aliphatic carbocycles. The van der Waals surface area contributed by atoms with Gasteiger partial charge in [0.15, 0.2) is 0 Å². The normalized spacial score (nSPS) is 18.0. The van der Waals surface area contributed by atoms with E-state index in [-0.39, 0.29) is 0 Å². The zero-order valence-corrected chi connectivity index (χ0v) is 20.1. The first kappa shape index (κ1) is 22.3. The van der Waals surface area contributed by atoms with E-state index >= 15 is 0 Å².